The van der Waals surface area contributed by atoms with E-state index in [2.05, 4.69) is 5.32 Å². The molecule has 2 aromatic rings. The highest BCUT2D eigenvalue weighted by Gasteiger charge is 2.34. The highest BCUT2D eigenvalue weighted by Crippen LogP contribution is 2.30. The molecule has 0 aliphatic carbocycles. The largest absolute Gasteiger partial charge is 0.493 e. The van der Waals surface area contributed by atoms with Crippen LogP contribution in [0.25, 0.3) is 6.08 Å². The Kier molecular flexibility index (Phi) is 5.14. The Hall–Kier alpha value is -2.99. The summed E-state index contributed by atoms with van der Waals surface area (Å²) in [6.45, 7) is 2.35. The van der Waals surface area contributed by atoms with Crippen molar-refractivity contribution in [1.29, 1.82) is 0 Å². The molecule has 6 nitrogen and oxygen atoms in total. The fourth-order valence-corrected chi connectivity index (χ4v) is 2.70. The first-order valence-electron chi connectivity index (χ1n) is 7.97. The Balaban J connectivity index is 1.90. The van der Waals surface area contributed by atoms with Gasteiger partial charge in [-0.05, 0) is 55.0 Å². The lowest BCUT2D eigenvalue weighted by molar-refractivity contribution is -0.113. The van der Waals surface area contributed by atoms with Gasteiger partial charge in [0.2, 0.25) is 0 Å². The number of ether oxygens (including phenoxy) is 2. The van der Waals surface area contributed by atoms with Crippen molar-refractivity contribution >= 4 is 35.3 Å². The molecule has 26 heavy (non-hydrogen) atoms. The minimum absolute atomic E-state index is 0.178. The van der Waals surface area contributed by atoms with Crippen LogP contribution in [0.4, 0.5) is 10.5 Å². The average Bonchev–Trinajstić information content (AvgIpc) is 2.90. The van der Waals surface area contributed by atoms with E-state index in [0.717, 1.165) is 4.90 Å². The zero-order valence-electron chi connectivity index (χ0n) is 14.3. The standard InChI is InChI=1S/C19H17ClN2O4/c1-3-26-17-11-12(4-9-16(17)25-2)10-15-18(23)22(19(24)21-15)14-7-5-13(20)6-8-14/h4-11H,3H2,1-2H3,(H,21,24)/b15-10+. The molecule has 1 saturated heterocycles. The van der Waals surface area contributed by atoms with Crippen LogP contribution in [-0.4, -0.2) is 25.7 Å². The van der Waals surface area contributed by atoms with E-state index in [-0.39, 0.29) is 5.70 Å². The van der Waals surface area contributed by atoms with Crippen LogP contribution >= 0.6 is 11.6 Å². The van der Waals surface area contributed by atoms with Gasteiger partial charge in [0.05, 0.1) is 19.4 Å². The summed E-state index contributed by atoms with van der Waals surface area (Å²) in [6, 6.07) is 11.2. The molecule has 0 bridgehead atoms. The van der Waals surface area contributed by atoms with Gasteiger partial charge in [-0.2, -0.15) is 0 Å². The number of hydrogen-bond donors (Lipinski definition) is 1. The Morgan fingerprint density at radius 1 is 1.12 bits per heavy atom. The monoisotopic (exact) mass is 372 g/mol. The first-order valence-corrected chi connectivity index (χ1v) is 8.35. The number of methoxy groups -OCH3 is 1. The number of carbonyl (C=O) groups excluding carboxylic acids is 2. The van der Waals surface area contributed by atoms with Gasteiger partial charge in [-0.1, -0.05) is 17.7 Å². The highest BCUT2D eigenvalue weighted by atomic mass is 35.5. The summed E-state index contributed by atoms with van der Waals surface area (Å²) in [6.07, 6.45) is 1.60. The van der Waals surface area contributed by atoms with Crippen molar-refractivity contribution in [3.8, 4) is 11.5 Å². The smallest absolute Gasteiger partial charge is 0.333 e. The number of carbonyl (C=O) groups is 2. The lowest BCUT2D eigenvalue weighted by atomic mass is 10.1. The maximum Gasteiger partial charge on any atom is 0.333 e. The Bertz CT molecular complexity index is 878. The summed E-state index contributed by atoms with van der Waals surface area (Å²) >= 11 is 5.85. The Morgan fingerprint density at radius 3 is 2.50 bits per heavy atom. The van der Waals surface area contributed by atoms with Crippen LogP contribution in [0.1, 0.15) is 12.5 Å². The van der Waals surface area contributed by atoms with E-state index in [9.17, 15) is 9.59 Å². The maximum atomic E-state index is 12.6. The van der Waals surface area contributed by atoms with Crippen molar-refractivity contribution in [3.63, 3.8) is 0 Å². The summed E-state index contributed by atoms with van der Waals surface area (Å²) in [7, 11) is 1.56. The van der Waals surface area contributed by atoms with Crippen LogP contribution in [0.15, 0.2) is 48.2 Å². The SMILES string of the molecule is CCOc1cc(/C=C2/NC(=O)N(c3ccc(Cl)cc3)C2=O)ccc1OC. The predicted octanol–water partition coefficient (Wildman–Crippen LogP) is 3.84. The zero-order chi connectivity index (χ0) is 18.7. The maximum absolute atomic E-state index is 12.6. The topological polar surface area (TPSA) is 67.9 Å². The number of urea groups is 1. The summed E-state index contributed by atoms with van der Waals surface area (Å²) < 4.78 is 10.8. The Labute approximate surface area is 156 Å². The lowest BCUT2D eigenvalue weighted by Gasteiger charge is -2.11. The highest BCUT2D eigenvalue weighted by molar-refractivity contribution is 6.31. The lowest BCUT2D eigenvalue weighted by Crippen LogP contribution is -2.30. The fourth-order valence-electron chi connectivity index (χ4n) is 2.58. The zero-order valence-corrected chi connectivity index (χ0v) is 15.0. The second kappa shape index (κ2) is 7.49. The van der Waals surface area contributed by atoms with E-state index < -0.39 is 11.9 Å². The molecule has 3 rings (SSSR count). The van der Waals surface area contributed by atoms with E-state index in [0.29, 0.717) is 34.4 Å². The number of imide groups is 1. The molecule has 0 spiro atoms. The third kappa shape index (κ3) is 3.50. The molecule has 1 heterocycles. The molecule has 1 aliphatic rings. The van der Waals surface area contributed by atoms with Crippen LogP contribution in [0, 0.1) is 0 Å². The second-order valence-electron chi connectivity index (χ2n) is 5.45. The molecular weight excluding hydrogens is 356 g/mol. The number of amides is 3. The van der Waals surface area contributed by atoms with Crippen LogP contribution < -0.4 is 19.7 Å². The number of nitrogens with one attached hydrogen (secondary N) is 1. The summed E-state index contributed by atoms with van der Waals surface area (Å²) in [5, 5.41) is 3.12. The summed E-state index contributed by atoms with van der Waals surface area (Å²) in [4.78, 5) is 25.9. The van der Waals surface area contributed by atoms with Crippen molar-refractivity contribution < 1.29 is 19.1 Å². The van der Waals surface area contributed by atoms with Crippen molar-refractivity contribution in [3.05, 3.63) is 58.7 Å². The van der Waals surface area contributed by atoms with Gasteiger partial charge < -0.3 is 14.8 Å². The number of benzene rings is 2. The first-order chi connectivity index (χ1) is 12.5. The van der Waals surface area contributed by atoms with Gasteiger partial charge in [0, 0.05) is 5.02 Å². The number of nitrogens with zero attached hydrogens (tertiary/aromatic N) is 1. The molecule has 0 unspecified atom stereocenters. The number of rotatable bonds is 5. The van der Waals surface area contributed by atoms with E-state index >= 15 is 0 Å². The Morgan fingerprint density at radius 2 is 1.85 bits per heavy atom. The minimum atomic E-state index is -0.512. The molecule has 0 aromatic heterocycles. The van der Waals surface area contributed by atoms with Gasteiger partial charge in [0.15, 0.2) is 11.5 Å². The van der Waals surface area contributed by atoms with E-state index in [1.54, 1.807) is 55.7 Å². The van der Waals surface area contributed by atoms with Crippen LogP contribution in [-0.2, 0) is 4.79 Å². The third-order valence-corrected chi connectivity index (χ3v) is 4.01. The van der Waals surface area contributed by atoms with Crippen LogP contribution in [0.3, 0.4) is 0 Å². The molecular formula is C19H17ClN2O4. The molecule has 1 fully saturated rings. The van der Waals surface area contributed by atoms with E-state index in [4.69, 9.17) is 21.1 Å². The summed E-state index contributed by atoms with van der Waals surface area (Å²) in [5.74, 6) is 0.723. The number of anilines is 1. The van der Waals surface area contributed by atoms with Crippen LogP contribution in [0.2, 0.25) is 5.02 Å². The molecule has 134 valence electrons. The normalized spacial score (nSPS) is 15.3. The van der Waals surface area contributed by atoms with Gasteiger partial charge in [-0.3, -0.25) is 4.79 Å². The summed E-state index contributed by atoms with van der Waals surface area (Å²) in [5.41, 5.74) is 1.33. The van der Waals surface area contributed by atoms with Crippen LogP contribution in [0.5, 0.6) is 11.5 Å². The second-order valence-corrected chi connectivity index (χ2v) is 5.88. The predicted molar refractivity (Wildman–Crippen MR) is 99.6 cm³/mol. The fraction of sp³-hybridized carbons (Fsp3) is 0.158. The van der Waals surface area contributed by atoms with E-state index in [1.807, 2.05) is 6.92 Å². The van der Waals surface area contributed by atoms with Gasteiger partial charge in [0.25, 0.3) is 5.91 Å². The van der Waals surface area contributed by atoms with Crippen molar-refractivity contribution in [1.82, 2.24) is 5.32 Å². The minimum Gasteiger partial charge on any atom is -0.493 e. The molecule has 0 radical (unpaired) electrons. The van der Waals surface area contributed by atoms with Gasteiger partial charge in [0.1, 0.15) is 5.70 Å². The molecule has 0 atom stereocenters. The van der Waals surface area contributed by atoms with Crippen molar-refractivity contribution in [2.75, 3.05) is 18.6 Å². The molecule has 0 saturated carbocycles. The third-order valence-electron chi connectivity index (χ3n) is 3.76. The van der Waals surface area contributed by atoms with Crippen molar-refractivity contribution in [2.24, 2.45) is 0 Å². The molecule has 1 aliphatic heterocycles. The molecule has 2 aromatic carbocycles. The van der Waals surface area contributed by atoms with Gasteiger partial charge in [-0.25, -0.2) is 9.69 Å². The van der Waals surface area contributed by atoms with E-state index in [1.165, 1.54) is 0 Å². The molecule has 7 heteroatoms. The molecule has 1 N–H and O–H groups in total. The number of hydrogen-bond acceptors (Lipinski definition) is 4. The van der Waals surface area contributed by atoms with Gasteiger partial charge in [-0.15, -0.1) is 0 Å². The number of halogens is 1. The first kappa shape index (κ1) is 17.8. The van der Waals surface area contributed by atoms with Crippen molar-refractivity contribution in [2.45, 2.75) is 6.92 Å². The quantitative estimate of drug-likeness (QED) is 0.639. The average molecular weight is 373 g/mol. The molecule has 3 amide bonds. The van der Waals surface area contributed by atoms with Gasteiger partial charge >= 0.3 is 6.03 Å².